The zero-order chi connectivity index (χ0) is 13.3. The van der Waals surface area contributed by atoms with Gasteiger partial charge in [-0.2, -0.15) is 0 Å². The summed E-state index contributed by atoms with van der Waals surface area (Å²) in [5, 5.41) is 10.8. The molecular weight excluding hydrogens is 236 g/mol. The summed E-state index contributed by atoms with van der Waals surface area (Å²) < 4.78 is 0. The van der Waals surface area contributed by atoms with Crippen LogP contribution in [0.5, 0.6) is 0 Å². The minimum atomic E-state index is -0.544. The van der Waals surface area contributed by atoms with E-state index in [2.05, 4.69) is 41.1 Å². The Morgan fingerprint density at radius 1 is 1.21 bits per heavy atom. The molecule has 3 heteroatoms. The number of anilines is 1. The predicted octanol–water partition coefficient (Wildman–Crippen LogP) is 1.90. The molecule has 3 rings (SSSR count). The number of β-amino-alcohol motifs (C(OH)–C–C–N with tert-alkyl or cyclic N) is 1. The highest BCUT2D eigenvalue weighted by atomic mass is 16.3. The highest BCUT2D eigenvalue weighted by Gasteiger charge is 2.34. The summed E-state index contributed by atoms with van der Waals surface area (Å²) in [4.78, 5) is 4.64. The lowest BCUT2D eigenvalue weighted by atomic mass is 9.91. The molecule has 1 atom stereocenters. The molecule has 2 aliphatic rings. The number of hydrogen-bond acceptors (Lipinski definition) is 3. The van der Waals surface area contributed by atoms with Gasteiger partial charge in [0.25, 0.3) is 0 Å². The lowest BCUT2D eigenvalue weighted by Gasteiger charge is -2.42. The molecule has 2 aliphatic heterocycles. The fourth-order valence-corrected chi connectivity index (χ4v) is 3.60. The van der Waals surface area contributed by atoms with Crippen molar-refractivity contribution < 1.29 is 5.11 Å². The van der Waals surface area contributed by atoms with E-state index in [4.69, 9.17) is 0 Å². The zero-order valence-corrected chi connectivity index (χ0v) is 11.8. The van der Waals surface area contributed by atoms with E-state index in [1.54, 1.807) is 0 Å². The van der Waals surface area contributed by atoms with Crippen molar-refractivity contribution in [3.63, 3.8) is 0 Å². The SMILES string of the molecule is CN1CCCC(O)(CN2CCCc3ccccc32)C1. The maximum absolute atomic E-state index is 10.8. The predicted molar refractivity (Wildman–Crippen MR) is 78.7 cm³/mol. The number of likely N-dealkylation sites (N-methyl/N-ethyl adjacent to an activating group) is 1. The Labute approximate surface area is 115 Å². The van der Waals surface area contributed by atoms with Crippen LogP contribution in [0.2, 0.25) is 0 Å². The molecule has 1 N–H and O–H groups in total. The second kappa shape index (κ2) is 5.14. The third-order valence-corrected chi connectivity index (χ3v) is 4.44. The molecule has 0 spiro atoms. The number of nitrogens with zero attached hydrogens (tertiary/aromatic N) is 2. The summed E-state index contributed by atoms with van der Waals surface area (Å²) >= 11 is 0. The highest BCUT2D eigenvalue weighted by Crippen LogP contribution is 2.30. The average molecular weight is 260 g/mol. The third-order valence-electron chi connectivity index (χ3n) is 4.44. The molecule has 0 saturated carbocycles. The van der Waals surface area contributed by atoms with Crippen LogP contribution in [0, 0.1) is 0 Å². The first-order valence-electron chi connectivity index (χ1n) is 7.40. The maximum Gasteiger partial charge on any atom is 0.0948 e. The van der Waals surface area contributed by atoms with Crippen LogP contribution in [0.4, 0.5) is 5.69 Å². The van der Waals surface area contributed by atoms with E-state index in [-0.39, 0.29) is 0 Å². The first-order chi connectivity index (χ1) is 9.16. The van der Waals surface area contributed by atoms with Gasteiger partial charge in [0.15, 0.2) is 0 Å². The molecule has 0 aromatic heterocycles. The lowest BCUT2D eigenvalue weighted by Crippen LogP contribution is -2.54. The maximum atomic E-state index is 10.8. The summed E-state index contributed by atoms with van der Waals surface area (Å²) in [6.07, 6.45) is 4.40. The third kappa shape index (κ3) is 2.77. The number of likely N-dealkylation sites (tertiary alicyclic amines) is 1. The Morgan fingerprint density at radius 2 is 2.05 bits per heavy atom. The van der Waals surface area contributed by atoms with Gasteiger partial charge in [0.05, 0.1) is 5.60 Å². The van der Waals surface area contributed by atoms with E-state index >= 15 is 0 Å². The van der Waals surface area contributed by atoms with Crippen LogP contribution in [0.3, 0.4) is 0 Å². The van der Waals surface area contributed by atoms with E-state index in [0.717, 1.165) is 39.0 Å². The Bertz CT molecular complexity index is 448. The van der Waals surface area contributed by atoms with E-state index in [9.17, 15) is 5.11 Å². The van der Waals surface area contributed by atoms with Crippen LogP contribution < -0.4 is 4.90 Å². The van der Waals surface area contributed by atoms with Gasteiger partial charge in [-0.1, -0.05) is 18.2 Å². The van der Waals surface area contributed by atoms with Crippen molar-refractivity contribution >= 4 is 5.69 Å². The van der Waals surface area contributed by atoms with Crippen molar-refractivity contribution in [1.82, 2.24) is 4.90 Å². The normalized spacial score (nSPS) is 28.2. The van der Waals surface area contributed by atoms with E-state index in [1.165, 1.54) is 24.1 Å². The van der Waals surface area contributed by atoms with Gasteiger partial charge < -0.3 is 14.9 Å². The first kappa shape index (κ1) is 12.9. The van der Waals surface area contributed by atoms with Gasteiger partial charge in [-0.05, 0) is 50.9 Å². The molecule has 0 aliphatic carbocycles. The molecule has 104 valence electrons. The fraction of sp³-hybridized carbons (Fsp3) is 0.625. The summed E-state index contributed by atoms with van der Waals surface area (Å²) in [5.41, 5.74) is 2.22. The van der Waals surface area contributed by atoms with E-state index in [0.29, 0.717) is 0 Å². The van der Waals surface area contributed by atoms with Gasteiger partial charge in [0, 0.05) is 25.3 Å². The number of fused-ring (bicyclic) bond motifs is 1. The van der Waals surface area contributed by atoms with Crippen molar-refractivity contribution in [2.75, 3.05) is 38.1 Å². The van der Waals surface area contributed by atoms with Gasteiger partial charge in [0.2, 0.25) is 0 Å². The van der Waals surface area contributed by atoms with Gasteiger partial charge in [0.1, 0.15) is 0 Å². The summed E-state index contributed by atoms with van der Waals surface area (Å²) in [6.45, 7) is 3.75. The number of hydrogen-bond donors (Lipinski definition) is 1. The number of piperidine rings is 1. The van der Waals surface area contributed by atoms with Crippen LogP contribution >= 0.6 is 0 Å². The van der Waals surface area contributed by atoms with Crippen LogP contribution in [0.25, 0.3) is 0 Å². The molecule has 1 aromatic rings. The molecular formula is C16H24N2O. The van der Waals surface area contributed by atoms with Crippen LogP contribution in [-0.4, -0.2) is 48.8 Å². The van der Waals surface area contributed by atoms with Crippen molar-refractivity contribution in [3.8, 4) is 0 Å². The van der Waals surface area contributed by atoms with Crippen LogP contribution in [-0.2, 0) is 6.42 Å². The molecule has 2 heterocycles. The second-order valence-electron chi connectivity index (χ2n) is 6.22. The molecule has 1 fully saturated rings. The molecule has 1 unspecified atom stereocenters. The number of benzene rings is 1. The van der Waals surface area contributed by atoms with Gasteiger partial charge in [-0.15, -0.1) is 0 Å². The minimum absolute atomic E-state index is 0.544. The quantitative estimate of drug-likeness (QED) is 0.880. The van der Waals surface area contributed by atoms with Gasteiger partial charge >= 0.3 is 0 Å². The van der Waals surface area contributed by atoms with Crippen molar-refractivity contribution in [3.05, 3.63) is 29.8 Å². The topological polar surface area (TPSA) is 26.7 Å². The first-order valence-corrected chi connectivity index (χ1v) is 7.40. The fourth-order valence-electron chi connectivity index (χ4n) is 3.60. The number of aliphatic hydroxyl groups is 1. The molecule has 0 amide bonds. The van der Waals surface area contributed by atoms with Crippen molar-refractivity contribution in [2.45, 2.75) is 31.3 Å². The molecule has 1 saturated heterocycles. The van der Waals surface area contributed by atoms with E-state index < -0.39 is 5.60 Å². The zero-order valence-electron chi connectivity index (χ0n) is 11.8. The molecule has 3 nitrogen and oxygen atoms in total. The smallest absolute Gasteiger partial charge is 0.0948 e. The Kier molecular flexibility index (Phi) is 3.50. The standard InChI is InChI=1S/C16H24N2O/c1-17-10-5-9-16(19,12-17)13-18-11-4-7-14-6-2-3-8-15(14)18/h2-3,6,8,19H,4-5,7,9-13H2,1H3. The van der Waals surface area contributed by atoms with E-state index in [1.807, 2.05) is 0 Å². The summed E-state index contributed by atoms with van der Waals surface area (Å²) in [7, 11) is 2.11. The highest BCUT2D eigenvalue weighted by molar-refractivity contribution is 5.55. The molecule has 0 bridgehead atoms. The lowest BCUT2D eigenvalue weighted by molar-refractivity contribution is -0.0166. The van der Waals surface area contributed by atoms with Crippen LogP contribution in [0.15, 0.2) is 24.3 Å². The average Bonchev–Trinajstić information content (AvgIpc) is 2.38. The second-order valence-corrected chi connectivity index (χ2v) is 6.22. The number of aryl methyl sites for hydroxylation is 1. The molecule has 19 heavy (non-hydrogen) atoms. The van der Waals surface area contributed by atoms with Crippen molar-refractivity contribution in [2.24, 2.45) is 0 Å². The van der Waals surface area contributed by atoms with Crippen LogP contribution in [0.1, 0.15) is 24.8 Å². The summed E-state index contributed by atoms with van der Waals surface area (Å²) in [5.74, 6) is 0. The molecule has 1 aromatic carbocycles. The summed E-state index contributed by atoms with van der Waals surface area (Å²) in [6, 6.07) is 8.64. The number of rotatable bonds is 2. The monoisotopic (exact) mass is 260 g/mol. The Hall–Kier alpha value is -1.06. The van der Waals surface area contributed by atoms with Gasteiger partial charge in [-0.25, -0.2) is 0 Å². The Balaban J connectivity index is 1.77. The molecule has 0 radical (unpaired) electrons. The minimum Gasteiger partial charge on any atom is -0.387 e. The Morgan fingerprint density at radius 3 is 2.89 bits per heavy atom. The van der Waals surface area contributed by atoms with Gasteiger partial charge in [-0.3, -0.25) is 0 Å². The number of para-hydroxylation sites is 1. The largest absolute Gasteiger partial charge is 0.387 e. The van der Waals surface area contributed by atoms with Crippen molar-refractivity contribution in [1.29, 1.82) is 0 Å².